The van der Waals surface area contributed by atoms with E-state index in [0.717, 1.165) is 5.54 Å². The van der Waals surface area contributed by atoms with E-state index in [0.29, 0.717) is 5.04 Å². The molecule has 0 spiro atoms. The molecule has 0 radical (unpaired) electrons. The lowest BCUT2D eigenvalue weighted by Crippen LogP contribution is -2.20. The molecule has 0 N–H and O–H groups in total. The molecule has 0 fully saturated rings. The quantitative estimate of drug-likeness (QED) is 0.113. The lowest BCUT2D eigenvalue weighted by atomic mass is 9.99. The van der Waals surface area contributed by atoms with Crippen molar-refractivity contribution in [3.63, 3.8) is 0 Å². The van der Waals surface area contributed by atoms with Crippen molar-refractivity contribution in [2.24, 2.45) is 0 Å². The van der Waals surface area contributed by atoms with Crippen LogP contribution in [0.3, 0.4) is 0 Å². The van der Waals surface area contributed by atoms with Crippen molar-refractivity contribution in [1.82, 2.24) is 0 Å². The maximum absolute atomic E-state index is 2.59. The Hall–Kier alpha value is -0.823. The third-order valence-electron chi connectivity index (χ3n) is 8.22. The molecule has 194 valence electrons. The van der Waals surface area contributed by atoms with Crippen LogP contribution in [0.1, 0.15) is 149 Å². The van der Waals surface area contributed by atoms with Crippen LogP contribution in [0.25, 0.3) is 0 Å². The van der Waals surface area contributed by atoms with Crippen molar-refractivity contribution < 1.29 is 0 Å². The highest BCUT2D eigenvalue weighted by atomic mass is 28.2. The normalized spacial score (nSPS) is 22.1. The van der Waals surface area contributed by atoms with Crippen LogP contribution >= 0.6 is 0 Å². The number of allylic oxidation sites excluding steroid dienone is 8. The summed E-state index contributed by atoms with van der Waals surface area (Å²) in [5.41, 5.74) is 4.38. The van der Waals surface area contributed by atoms with Crippen molar-refractivity contribution >= 4 is 9.52 Å². The minimum atomic E-state index is -0.200. The Labute approximate surface area is 216 Å². The van der Waals surface area contributed by atoms with Gasteiger partial charge in [0.15, 0.2) is 0 Å². The third-order valence-corrected chi connectivity index (χ3v) is 10.9. The molecule has 2 rings (SSSR count). The van der Waals surface area contributed by atoms with E-state index in [1.807, 2.05) is 5.57 Å². The Morgan fingerprint density at radius 2 is 1.26 bits per heavy atom. The Kier molecular flexibility index (Phi) is 16.0. The molecule has 0 aromatic rings. The Morgan fingerprint density at radius 1 is 0.706 bits per heavy atom. The molecule has 0 saturated heterocycles. The smallest absolute Gasteiger partial charge is 0.0447 e. The van der Waals surface area contributed by atoms with Gasteiger partial charge >= 0.3 is 0 Å². The predicted molar refractivity (Wildman–Crippen MR) is 159 cm³/mol. The molecular formula is C33H58Si. The fourth-order valence-corrected chi connectivity index (χ4v) is 8.63. The van der Waals surface area contributed by atoms with E-state index in [4.69, 9.17) is 0 Å². The second kappa shape index (κ2) is 18.4. The fraction of sp³-hybridized carbons (Fsp3) is 0.758. The van der Waals surface area contributed by atoms with E-state index in [2.05, 4.69) is 57.2 Å². The summed E-state index contributed by atoms with van der Waals surface area (Å²) in [5.74, 6) is 0. The first-order valence-electron chi connectivity index (χ1n) is 15.4. The zero-order valence-electron chi connectivity index (χ0n) is 23.4. The van der Waals surface area contributed by atoms with Crippen molar-refractivity contribution in [3.8, 4) is 0 Å². The van der Waals surface area contributed by atoms with Gasteiger partial charge in [0.1, 0.15) is 0 Å². The minimum absolute atomic E-state index is 0.200. The van der Waals surface area contributed by atoms with Gasteiger partial charge in [-0.05, 0) is 41.8 Å². The van der Waals surface area contributed by atoms with Gasteiger partial charge in [-0.25, -0.2) is 0 Å². The molecule has 0 aromatic carbocycles. The van der Waals surface area contributed by atoms with Crippen molar-refractivity contribution in [2.45, 2.75) is 160 Å². The molecule has 2 atom stereocenters. The Balaban J connectivity index is 1.51. The molecule has 0 heterocycles. The summed E-state index contributed by atoms with van der Waals surface area (Å²) in [7, 11) is -0.200. The molecule has 0 saturated carbocycles. The highest BCUT2D eigenvalue weighted by molar-refractivity contribution is 6.45. The van der Waals surface area contributed by atoms with Gasteiger partial charge in [-0.15, -0.1) is 0 Å². The van der Waals surface area contributed by atoms with Crippen LogP contribution in [0.2, 0.25) is 10.6 Å². The highest BCUT2D eigenvalue weighted by Crippen LogP contribution is 2.44. The summed E-state index contributed by atoms with van der Waals surface area (Å²) in [6, 6.07) is 0. The maximum atomic E-state index is 2.59. The van der Waals surface area contributed by atoms with E-state index in [9.17, 15) is 0 Å². The van der Waals surface area contributed by atoms with Crippen LogP contribution in [0, 0.1) is 0 Å². The van der Waals surface area contributed by atoms with Gasteiger partial charge in [0.05, 0.1) is 0 Å². The van der Waals surface area contributed by atoms with Gasteiger partial charge in [-0.3, -0.25) is 0 Å². The summed E-state index contributed by atoms with van der Waals surface area (Å²) < 4.78 is 0. The number of rotatable bonds is 21. The van der Waals surface area contributed by atoms with Gasteiger partial charge in [0, 0.05) is 9.52 Å². The average molecular weight is 483 g/mol. The third kappa shape index (κ3) is 12.2. The molecule has 34 heavy (non-hydrogen) atoms. The van der Waals surface area contributed by atoms with Gasteiger partial charge in [-0.1, -0.05) is 166 Å². The molecule has 0 aromatic heterocycles. The van der Waals surface area contributed by atoms with Crippen LogP contribution in [-0.2, 0) is 0 Å². The van der Waals surface area contributed by atoms with Crippen LogP contribution in [0.15, 0.2) is 47.6 Å². The van der Waals surface area contributed by atoms with E-state index in [-0.39, 0.29) is 9.52 Å². The van der Waals surface area contributed by atoms with Crippen LogP contribution in [-0.4, -0.2) is 9.52 Å². The molecule has 0 amide bonds. The van der Waals surface area contributed by atoms with Gasteiger partial charge < -0.3 is 0 Å². The first-order valence-corrected chi connectivity index (χ1v) is 17.0. The average Bonchev–Trinajstić information content (AvgIpc) is 3.19. The molecule has 0 aliphatic heterocycles. The monoisotopic (exact) mass is 482 g/mol. The topological polar surface area (TPSA) is 0 Å². The summed E-state index contributed by atoms with van der Waals surface area (Å²) in [5, 5.41) is 0.477. The number of hydrogen-bond acceptors (Lipinski definition) is 0. The molecule has 2 aliphatic carbocycles. The second-order valence-electron chi connectivity index (χ2n) is 11.7. The highest BCUT2D eigenvalue weighted by Gasteiger charge is 2.29. The summed E-state index contributed by atoms with van der Waals surface area (Å²) in [6.45, 7) is 7.16. The number of unbranched alkanes of at least 4 members (excludes halogenated alkanes) is 15. The predicted octanol–water partition coefficient (Wildman–Crippen LogP) is 11.0. The lowest BCUT2D eigenvalue weighted by Gasteiger charge is -2.30. The maximum Gasteiger partial charge on any atom is 0.0447 e. The van der Waals surface area contributed by atoms with Gasteiger partial charge in [0.25, 0.3) is 0 Å². The zero-order chi connectivity index (χ0) is 24.3. The van der Waals surface area contributed by atoms with E-state index >= 15 is 0 Å². The molecule has 2 unspecified atom stereocenters. The van der Waals surface area contributed by atoms with Crippen LogP contribution in [0.4, 0.5) is 0 Å². The molecule has 1 heteroatoms. The van der Waals surface area contributed by atoms with E-state index < -0.39 is 0 Å². The second-order valence-corrected chi connectivity index (χ2v) is 14.6. The molecular weight excluding hydrogens is 424 g/mol. The van der Waals surface area contributed by atoms with Crippen LogP contribution in [0.5, 0.6) is 0 Å². The Bertz CT molecular complexity index is 637. The first-order chi connectivity index (χ1) is 16.7. The van der Waals surface area contributed by atoms with Gasteiger partial charge in [0.2, 0.25) is 0 Å². The fourth-order valence-electron chi connectivity index (χ4n) is 6.03. The van der Waals surface area contributed by atoms with Crippen LogP contribution < -0.4 is 0 Å². The Morgan fingerprint density at radius 3 is 1.76 bits per heavy atom. The van der Waals surface area contributed by atoms with Crippen molar-refractivity contribution in [3.05, 3.63) is 47.6 Å². The van der Waals surface area contributed by atoms with Crippen molar-refractivity contribution in [2.75, 3.05) is 0 Å². The van der Waals surface area contributed by atoms with E-state index in [1.165, 1.54) is 128 Å². The summed E-state index contributed by atoms with van der Waals surface area (Å²) in [6.07, 6.45) is 43.0. The summed E-state index contributed by atoms with van der Waals surface area (Å²) in [4.78, 5) is 0. The molecule has 0 bridgehead atoms. The first kappa shape index (κ1) is 29.4. The minimum Gasteiger partial charge on any atom is -0.0840 e. The SMILES string of the molecule is CCCCCCCCCCCCCCCCCCC1=C(CCC)C=CC1[SiH2]C1(C)C=CC=CC1. The molecule has 0 nitrogen and oxygen atoms in total. The van der Waals surface area contributed by atoms with E-state index in [1.54, 1.807) is 5.57 Å². The molecule has 2 aliphatic rings. The van der Waals surface area contributed by atoms with Crippen molar-refractivity contribution in [1.29, 1.82) is 0 Å². The lowest BCUT2D eigenvalue weighted by molar-refractivity contribution is 0.529. The zero-order valence-corrected chi connectivity index (χ0v) is 24.8. The van der Waals surface area contributed by atoms with Gasteiger partial charge in [-0.2, -0.15) is 0 Å². The largest absolute Gasteiger partial charge is 0.0840 e. The standard InChI is InChI=1S/C33H58Si/c1-4-6-7-8-9-10-11-12-13-14-15-16-17-18-19-21-25-31-30(24-5-2)26-27-32(31)34-33(3)28-22-20-23-29-33/h20,22-23,26-28,32H,4-19,21,24-25,29,34H2,1-3H3. The summed E-state index contributed by atoms with van der Waals surface area (Å²) >= 11 is 0. The number of hydrogen-bond donors (Lipinski definition) is 0.